The molecule has 2 heterocycles. The lowest BCUT2D eigenvalue weighted by molar-refractivity contribution is -0.111. The molecule has 4 aromatic rings. The number of anilines is 4. The Labute approximate surface area is 249 Å². The minimum absolute atomic E-state index is 0.150. The number of imidazole rings is 1. The number of likely N-dealkylation sites (N-methyl/N-ethyl adjacent to an activating group) is 2. The fourth-order valence-corrected chi connectivity index (χ4v) is 5.07. The van der Waals surface area contributed by atoms with Gasteiger partial charge in [0.1, 0.15) is 17.3 Å². The smallest absolute Gasteiger partial charge is 0.334 e. The number of hydrogen-bond acceptors (Lipinski definition) is 10. The third-order valence-electron chi connectivity index (χ3n) is 6.64. The molecule has 0 saturated heterocycles. The molecule has 0 aliphatic rings. The van der Waals surface area contributed by atoms with Gasteiger partial charge in [-0.05, 0) is 43.9 Å². The maximum atomic E-state index is 13.2. The molecule has 0 atom stereocenters. The molecule has 2 aromatic heterocycles. The number of rotatable bonds is 12. The van der Waals surface area contributed by atoms with Gasteiger partial charge in [-0.15, -0.1) is 0 Å². The van der Waals surface area contributed by atoms with Gasteiger partial charge in [0.2, 0.25) is 11.9 Å². The Hall–Kier alpha value is -4.73. The highest BCUT2D eigenvalue weighted by Crippen LogP contribution is 2.38. The third-order valence-corrected chi connectivity index (χ3v) is 7.34. The van der Waals surface area contributed by atoms with Gasteiger partial charge in [0, 0.05) is 45.5 Å². The van der Waals surface area contributed by atoms with Crippen LogP contribution in [0.1, 0.15) is 5.56 Å². The molecule has 14 nitrogen and oxygen atoms in total. The minimum atomic E-state index is -4.25. The molecule has 0 fully saturated rings. The summed E-state index contributed by atoms with van der Waals surface area (Å²) in [6.45, 7) is 5.01. The third kappa shape index (κ3) is 7.20. The summed E-state index contributed by atoms with van der Waals surface area (Å²) in [6.07, 6.45) is 2.67. The van der Waals surface area contributed by atoms with Crippen LogP contribution in [0, 0.1) is 0 Å². The number of methoxy groups -OCH3 is 1. The van der Waals surface area contributed by atoms with Crippen LogP contribution in [-0.2, 0) is 27.7 Å². The molecule has 0 saturated carbocycles. The average Bonchev–Trinajstić information content (AvgIpc) is 3.20. The van der Waals surface area contributed by atoms with E-state index in [1.807, 2.05) is 26.0 Å². The van der Waals surface area contributed by atoms with Crippen LogP contribution in [0.5, 0.6) is 5.75 Å². The maximum Gasteiger partial charge on any atom is 0.334 e. The van der Waals surface area contributed by atoms with Crippen molar-refractivity contribution in [1.82, 2.24) is 24.0 Å². The second kappa shape index (κ2) is 12.6. The molecule has 0 aliphatic heterocycles. The monoisotopic (exact) mass is 610 g/mol. The van der Waals surface area contributed by atoms with Crippen molar-refractivity contribution in [1.29, 1.82) is 0 Å². The highest BCUT2D eigenvalue weighted by molar-refractivity contribution is 7.85. The first-order valence-corrected chi connectivity index (χ1v) is 14.7. The van der Waals surface area contributed by atoms with Crippen LogP contribution in [0.15, 0.2) is 60.0 Å². The van der Waals surface area contributed by atoms with E-state index in [1.54, 1.807) is 31.3 Å². The summed E-state index contributed by atoms with van der Waals surface area (Å²) in [7, 11) is 4.69. The van der Waals surface area contributed by atoms with Gasteiger partial charge in [-0.25, -0.2) is 14.3 Å². The molecule has 0 aliphatic carbocycles. The number of carbonyl (C=O) groups excluding carboxylic acids is 1. The van der Waals surface area contributed by atoms with Gasteiger partial charge in [-0.1, -0.05) is 12.6 Å². The molecular formula is C28H34N8O6S. The SMILES string of the molecule is C=CC(=O)Nc1cc(Nc2nccc(-n3c(=O)n(C)c4cc(CS(=O)(=O)O)ccc43)n2)c(OC)cc1N(C)CCN(C)C. The summed E-state index contributed by atoms with van der Waals surface area (Å²) in [5.74, 6) is -0.0875. The summed E-state index contributed by atoms with van der Waals surface area (Å²) in [4.78, 5) is 38.4. The van der Waals surface area contributed by atoms with Crippen molar-refractivity contribution < 1.29 is 22.5 Å². The second-order valence-corrected chi connectivity index (χ2v) is 11.5. The second-order valence-electron chi connectivity index (χ2n) is 10.1. The van der Waals surface area contributed by atoms with Crippen molar-refractivity contribution in [2.75, 3.05) is 56.9 Å². The van der Waals surface area contributed by atoms with Crippen LogP contribution < -0.4 is 26.0 Å². The zero-order chi connectivity index (χ0) is 31.5. The molecule has 0 radical (unpaired) electrons. The molecular weight excluding hydrogens is 576 g/mol. The Bertz CT molecular complexity index is 1850. The normalized spacial score (nSPS) is 11.5. The van der Waals surface area contributed by atoms with Gasteiger partial charge >= 0.3 is 5.69 Å². The first-order chi connectivity index (χ1) is 20.3. The highest BCUT2D eigenvalue weighted by atomic mass is 32.2. The quantitative estimate of drug-likeness (QED) is 0.159. The number of aromatic nitrogens is 4. The van der Waals surface area contributed by atoms with Crippen LogP contribution in [0.4, 0.5) is 23.0 Å². The van der Waals surface area contributed by atoms with E-state index in [9.17, 15) is 22.6 Å². The predicted octanol–water partition coefficient (Wildman–Crippen LogP) is 2.38. The molecule has 43 heavy (non-hydrogen) atoms. The fourth-order valence-electron chi connectivity index (χ4n) is 4.46. The van der Waals surface area contributed by atoms with Gasteiger partial charge < -0.3 is 25.2 Å². The van der Waals surface area contributed by atoms with E-state index in [4.69, 9.17) is 4.74 Å². The largest absolute Gasteiger partial charge is 0.494 e. The van der Waals surface area contributed by atoms with Crippen LogP contribution in [0.25, 0.3) is 16.9 Å². The van der Waals surface area contributed by atoms with E-state index in [-0.39, 0.29) is 17.7 Å². The Kier molecular flexibility index (Phi) is 9.18. The first kappa shape index (κ1) is 31.2. The molecule has 2 aromatic carbocycles. The zero-order valence-corrected chi connectivity index (χ0v) is 25.3. The van der Waals surface area contributed by atoms with Crippen LogP contribution in [-0.4, -0.2) is 84.2 Å². The summed E-state index contributed by atoms with van der Waals surface area (Å²) >= 11 is 0. The van der Waals surface area contributed by atoms with Crippen molar-refractivity contribution >= 4 is 50.1 Å². The van der Waals surface area contributed by atoms with E-state index in [2.05, 4.69) is 32.1 Å². The molecule has 228 valence electrons. The summed E-state index contributed by atoms with van der Waals surface area (Å²) in [5.41, 5.74) is 2.55. The number of aryl methyl sites for hydroxylation is 1. The minimum Gasteiger partial charge on any atom is -0.494 e. The zero-order valence-electron chi connectivity index (χ0n) is 24.5. The van der Waals surface area contributed by atoms with E-state index in [0.717, 1.165) is 12.2 Å². The van der Waals surface area contributed by atoms with Crippen LogP contribution in [0.2, 0.25) is 0 Å². The Morgan fingerprint density at radius 2 is 1.86 bits per heavy atom. The van der Waals surface area contributed by atoms with Gasteiger partial charge in [-0.2, -0.15) is 13.4 Å². The van der Waals surface area contributed by atoms with Gasteiger partial charge in [0.25, 0.3) is 10.1 Å². The number of nitrogens with zero attached hydrogens (tertiary/aromatic N) is 6. The summed E-state index contributed by atoms with van der Waals surface area (Å²) < 4.78 is 40.3. The van der Waals surface area contributed by atoms with Gasteiger partial charge in [-0.3, -0.25) is 13.9 Å². The Morgan fingerprint density at radius 1 is 1.12 bits per heavy atom. The molecule has 1 amide bonds. The van der Waals surface area contributed by atoms with Crippen molar-refractivity contribution in [3.05, 3.63) is 71.3 Å². The van der Waals surface area contributed by atoms with Crippen molar-refractivity contribution in [2.45, 2.75) is 5.75 Å². The highest BCUT2D eigenvalue weighted by Gasteiger charge is 2.19. The van der Waals surface area contributed by atoms with E-state index < -0.39 is 21.6 Å². The summed E-state index contributed by atoms with van der Waals surface area (Å²) in [5, 5.41) is 5.97. The van der Waals surface area contributed by atoms with Crippen molar-refractivity contribution in [2.24, 2.45) is 7.05 Å². The lowest BCUT2D eigenvalue weighted by atomic mass is 10.2. The number of nitrogens with one attached hydrogen (secondary N) is 2. The molecule has 0 bridgehead atoms. The number of amides is 1. The molecule has 4 rings (SSSR count). The van der Waals surface area contributed by atoms with Crippen LogP contribution >= 0.6 is 0 Å². The number of carbonyl (C=O) groups is 1. The number of fused-ring (bicyclic) bond motifs is 1. The average molecular weight is 611 g/mol. The molecule has 0 unspecified atom stereocenters. The van der Waals surface area contributed by atoms with Crippen LogP contribution in [0.3, 0.4) is 0 Å². The predicted molar refractivity (Wildman–Crippen MR) is 166 cm³/mol. The fraction of sp³-hybridized carbons (Fsp3) is 0.286. The lowest BCUT2D eigenvalue weighted by Gasteiger charge is -2.26. The maximum absolute atomic E-state index is 13.2. The number of benzene rings is 2. The van der Waals surface area contributed by atoms with E-state index in [1.165, 1.54) is 40.6 Å². The Balaban J connectivity index is 1.74. The number of ether oxygens (including phenoxy) is 1. The molecule has 15 heteroatoms. The molecule has 0 spiro atoms. The standard InChI is InChI=1S/C28H34N8O6S/c1-7-26(37)30-19-15-20(24(42-6)16-22(19)34(4)13-12-33(2)3)31-27-29-11-10-25(32-27)36-21-9-8-18(17-43(39,40)41)14-23(21)35(5)28(36)38/h7-11,14-16H,1,12-13,17H2,2-6H3,(H,30,37)(H,29,31,32)(H,39,40,41). The van der Waals surface area contributed by atoms with Crippen molar-refractivity contribution in [3.8, 4) is 11.6 Å². The number of hydrogen-bond donors (Lipinski definition) is 3. The van der Waals surface area contributed by atoms with Gasteiger partial charge in [0.15, 0.2) is 0 Å². The topological polar surface area (TPSA) is 164 Å². The molecule has 3 N–H and O–H groups in total. The Morgan fingerprint density at radius 3 is 2.51 bits per heavy atom. The van der Waals surface area contributed by atoms with Crippen molar-refractivity contribution in [3.63, 3.8) is 0 Å². The van der Waals surface area contributed by atoms with E-state index in [0.29, 0.717) is 40.3 Å². The van der Waals surface area contributed by atoms with E-state index >= 15 is 0 Å². The lowest BCUT2D eigenvalue weighted by Crippen LogP contribution is -2.29. The first-order valence-electron chi connectivity index (χ1n) is 13.1. The van der Waals surface area contributed by atoms with Gasteiger partial charge in [0.05, 0.1) is 35.2 Å². The summed E-state index contributed by atoms with van der Waals surface area (Å²) in [6, 6.07) is 9.71.